The number of benzene rings is 1. The van der Waals surface area contributed by atoms with Gasteiger partial charge in [0.2, 0.25) is 0 Å². The molecule has 24 heavy (non-hydrogen) atoms. The van der Waals surface area contributed by atoms with Crippen molar-refractivity contribution in [2.24, 2.45) is 7.05 Å². The summed E-state index contributed by atoms with van der Waals surface area (Å²) in [7, 11) is 1.91. The lowest BCUT2D eigenvalue weighted by molar-refractivity contribution is 0.0735. The third-order valence-corrected chi connectivity index (χ3v) is 4.62. The molecule has 1 saturated heterocycles. The van der Waals surface area contributed by atoms with Crippen molar-refractivity contribution in [1.82, 2.24) is 19.2 Å². The highest BCUT2D eigenvalue weighted by Gasteiger charge is 2.31. The number of rotatable bonds is 3. The molecule has 0 spiro atoms. The van der Waals surface area contributed by atoms with E-state index in [2.05, 4.69) is 5.10 Å². The van der Waals surface area contributed by atoms with Gasteiger partial charge in [-0.2, -0.15) is 5.10 Å². The minimum atomic E-state index is 0.0929. The molecule has 0 aliphatic carbocycles. The van der Waals surface area contributed by atoms with Crippen LogP contribution in [0.5, 0.6) is 0 Å². The molecule has 3 heterocycles. The van der Waals surface area contributed by atoms with Crippen LogP contribution < -0.4 is 0 Å². The lowest BCUT2D eigenvalue weighted by atomic mass is 10.1. The Morgan fingerprint density at radius 3 is 2.79 bits per heavy atom. The van der Waals surface area contributed by atoms with Crippen LogP contribution in [-0.2, 0) is 7.05 Å². The Balaban J connectivity index is 1.62. The fourth-order valence-corrected chi connectivity index (χ4v) is 3.44. The summed E-state index contributed by atoms with van der Waals surface area (Å²) in [5.74, 6) is 0.0929. The Labute approximate surface area is 141 Å². The van der Waals surface area contributed by atoms with Crippen molar-refractivity contribution in [1.29, 1.82) is 0 Å². The van der Waals surface area contributed by atoms with Crippen LogP contribution >= 0.6 is 0 Å². The number of carbonyl (C=O) groups excluding carboxylic acids is 1. The van der Waals surface area contributed by atoms with Gasteiger partial charge in [-0.1, -0.05) is 6.07 Å². The van der Waals surface area contributed by atoms with Gasteiger partial charge in [0.15, 0.2) is 0 Å². The topological polar surface area (TPSA) is 43.1 Å². The Kier molecular flexibility index (Phi) is 3.69. The highest BCUT2D eigenvalue weighted by molar-refractivity contribution is 5.95. The highest BCUT2D eigenvalue weighted by Crippen LogP contribution is 2.33. The van der Waals surface area contributed by atoms with Gasteiger partial charge < -0.3 is 9.47 Å². The maximum Gasteiger partial charge on any atom is 0.254 e. The Morgan fingerprint density at radius 2 is 2.04 bits per heavy atom. The van der Waals surface area contributed by atoms with Gasteiger partial charge in [-0.05, 0) is 43.2 Å². The average molecular weight is 320 g/mol. The Hall–Kier alpha value is -2.82. The molecule has 4 rings (SSSR count). The summed E-state index contributed by atoms with van der Waals surface area (Å²) in [5.41, 5.74) is 2.85. The van der Waals surface area contributed by atoms with E-state index in [9.17, 15) is 4.79 Å². The van der Waals surface area contributed by atoms with Crippen molar-refractivity contribution < 1.29 is 4.79 Å². The molecule has 0 N–H and O–H groups in total. The minimum Gasteiger partial charge on any atom is -0.331 e. The first kappa shape index (κ1) is 14.8. The fraction of sp³-hybridized carbons (Fsp3) is 0.263. The average Bonchev–Trinajstić information content (AvgIpc) is 3.35. The van der Waals surface area contributed by atoms with Gasteiger partial charge in [0.25, 0.3) is 5.91 Å². The molecule has 1 fully saturated rings. The van der Waals surface area contributed by atoms with Crippen molar-refractivity contribution in [3.63, 3.8) is 0 Å². The second-order valence-corrected chi connectivity index (χ2v) is 6.24. The third kappa shape index (κ3) is 2.62. The van der Waals surface area contributed by atoms with Crippen LogP contribution in [0.15, 0.2) is 61.2 Å². The first-order valence-corrected chi connectivity index (χ1v) is 8.25. The molecule has 1 aromatic carbocycles. The highest BCUT2D eigenvalue weighted by atomic mass is 16.2. The van der Waals surface area contributed by atoms with Crippen LogP contribution in [0.4, 0.5) is 0 Å². The Bertz CT molecular complexity index is 850. The number of nitrogens with zero attached hydrogens (tertiary/aromatic N) is 4. The maximum atomic E-state index is 13.0. The fourth-order valence-electron chi connectivity index (χ4n) is 3.44. The summed E-state index contributed by atoms with van der Waals surface area (Å²) >= 11 is 0. The quantitative estimate of drug-likeness (QED) is 0.744. The molecule has 1 aliphatic rings. The molecule has 0 bridgehead atoms. The van der Waals surface area contributed by atoms with E-state index in [-0.39, 0.29) is 11.9 Å². The van der Waals surface area contributed by atoms with Gasteiger partial charge in [-0.25, -0.2) is 0 Å². The molecular weight excluding hydrogens is 300 g/mol. The summed E-state index contributed by atoms with van der Waals surface area (Å²) in [6, 6.07) is 11.9. The van der Waals surface area contributed by atoms with Gasteiger partial charge >= 0.3 is 0 Å². The second kappa shape index (κ2) is 6.00. The number of aromatic nitrogens is 3. The van der Waals surface area contributed by atoms with Gasteiger partial charge in [0.1, 0.15) is 0 Å². The first-order valence-electron chi connectivity index (χ1n) is 8.25. The molecule has 2 aromatic heterocycles. The lowest BCUT2D eigenvalue weighted by Gasteiger charge is -2.24. The largest absolute Gasteiger partial charge is 0.331 e. The van der Waals surface area contributed by atoms with Crippen LogP contribution in [0.25, 0.3) is 5.69 Å². The molecule has 5 heteroatoms. The molecular formula is C19H20N4O. The molecule has 1 amide bonds. The SMILES string of the molecule is Cn1cc(C2CCCN2C(=O)c2cccc(-n3cccc3)c2)cn1. The summed E-state index contributed by atoms with van der Waals surface area (Å²) in [6.07, 6.45) is 9.87. The van der Waals surface area contributed by atoms with Gasteiger partial charge in [0, 0.05) is 49.0 Å². The van der Waals surface area contributed by atoms with Gasteiger partial charge in [-0.15, -0.1) is 0 Å². The molecule has 1 aliphatic heterocycles. The van der Waals surface area contributed by atoms with Crippen molar-refractivity contribution in [2.75, 3.05) is 6.54 Å². The first-order chi connectivity index (χ1) is 11.7. The minimum absolute atomic E-state index is 0.0929. The van der Waals surface area contributed by atoms with Crippen LogP contribution in [0.2, 0.25) is 0 Å². The van der Waals surface area contributed by atoms with Gasteiger partial charge in [0.05, 0.1) is 12.2 Å². The number of amides is 1. The predicted molar refractivity (Wildman–Crippen MR) is 92.0 cm³/mol. The normalized spacial score (nSPS) is 17.4. The zero-order chi connectivity index (χ0) is 16.5. The van der Waals surface area contributed by atoms with Gasteiger partial charge in [-0.3, -0.25) is 9.48 Å². The molecule has 122 valence electrons. The van der Waals surface area contributed by atoms with E-state index in [1.54, 1.807) is 4.68 Å². The number of aryl methyl sites for hydroxylation is 1. The summed E-state index contributed by atoms with van der Waals surface area (Å²) in [6.45, 7) is 0.798. The van der Waals surface area contributed by atoms with Crippen molar-refractivity contribution in [3.8, 4) is 5.69 Å². The van der Waals surface area contributed by atoms with E-state index < -0.39 is 0 Å². The summed E-state index contributed by atoms with van der Waals surface area (Å²) < 4.78 is 3.81. The van der Waals surface area contributed by atoms with E-state index in [4.69, 9.17) is 0 Å². The predicted octanol–water partition coefficient (Wildman–Crippen LogP) is 3.19. The molecule has 1 unspecified atom stereocenters. The molecule has 3 aromatic rings. The zero-order valence-electron chi connectivity index (χ0n) is 13.7. The number of carbonyl (C=O) groups is 1. The van der Waals surface area contributed by atoms with Crippen LogP contribution in [0.1, 0.15) is 34.8 Å². The number of hydrogen-bond donors (Lipinski definition) is 0. The lowest BCUT2D eigenvalue weighted by Crippen LogP contribution is -2.30. The third-order valence-electron chi connectivity index (χ3n) is 4.62. The van der Waals surface area contributed by atoms with Crippen molar-refractivity contribution >= 4 is 5.91 Å². The van der Waals surface area contributed by atoms with E-state index >= 15 is 0 Å². The van der Waals surface area contributed by atoms with Crippen LogP contribution in [0, 0.1) is 0 Å². The summed E-state index contributed by atoms with van der Waals surface area (Å²) in [5, 5.41) is 4.25. The van der Waals surface area contributed by atoms with E-state index in [0.717, 1.165) is 36.2 Å². The van der Waals surface area contributed by atoms with Crippen LogP contribution in [0.3, 0.4) is 0 Å². The maximum absolute atomic E-state index is 13.0. The smallest absolute Gasteiger partial charge is 0.254 e. The summed E-state index contributed by atoms with van der Waals surface area (Å²) in [4.78, 5) is 15.0. The van der Waals surface area contributed by atoms with E-state index in [0.29, 0.717) is 0 Å². The monoisotopic (exact) mass is 320 g/mol. The molecule has 5 nitrogen and oxygen atoms in total. The standard InChI is InChI=1S/C19H20N4O/c1-21-14-16(13-20-21)18-8-5-11-23(18)19(24)15-6-4-7-17(12-15)22-9-2-3-10-22/h2-4,6-7,9-10,12-14,18H,5,8,11H2,1H3. The van der Waals surface area contributed by atoms with E-state index in [1.165, 1.54) is 0 Å². The second-order valence-electron chi connectivity index (χ2n) is 6.24. The number of hydrogen-bond acceptors (Lipinski definition) is 2. The molecule has 1 atom stereocenters. The van der Waals surface area contributed by atoms with E-state index in [1.807, 2.05) is 77.7 Å². The van der Waals surface area contributed by atoms with Crippen molar-refractivity contribution in [3.05, 3.63) is 72.3 Å². The molecule has 0 saturated carbocycles. The zero-order valence-corrected chi connectivity index (χ0v) is 13.7. The van der Waals surface area contributed by atoms with Crippen molar-refractivity contribution in [2.45, 2.75) is 18.9 Å². The van der Waals surface area contributed by atoms with Crippen LogP contribution in [-0.4, -0.2) is 31.7 Å². The Morgan fingerprint density at radius 1 is 1.21 bits per heavy atom. The molecule has 0 radical (unpaired) electrons. The number of likely N-dealkylation sites (tertiary alicyclic amines) is 1.